The Morgan fingerprint density at radius 2 is 1.87 bits per heavy atom. The molecule has 0 spiro atoms. The summed E-state index contributed by atoms with van der Waals surface area (Å²) in [7, 11) is 5.30. The predicted molar refractivity (Wildman–Crippen MR) is 136 cm³/mol. The number of nitrogens with zero attached hydrogens (tertiary/aromatic N) is 1. The van der Waals surface area contributed by atoms with Gasteiger partial charge in [0.1, 0.15) is 12.1 Å². The Morgan fingerprint density at radius 1 is 1.21 bits per heavy atom. The minimum atomic E-state index is -2.31. The molecule has 206 valence electrons. The van der Waals surface area contributed by atoms with Crippen LogP contribution in [-0.4, -0.2) is 91.4 Å². The van der Waals surface area contributed by atoms with Crippen molar-refractivity contribution in [2.45, 2.75) is 62.4 Å². The lowest BCUT2D eigenvalue weighted by molar-refractivity contribution is -0.170. The second-order valence-corrected chi connectivity index (χ2v) is 9.83. The van der Waals surface area contributed by atoms with Gasteiger partial charge in [-0.1, -0.05) is 29.8 Å². The third-order valence-corrected chi connectivity index (χ3v) is 7.42. The highest BCUT2D eigenvalue weighted by Crippen LogP contribution is 2.54. The van der Waals surface area contributed by atoms with E-state index in [1.54, 1.807) is 38.1 Å². The van der Waals surface area contributed by atoms with Gasteiger partial charge in [0.2, 0.25) is 5.91 Å². The fourth-order valence-corrected chi connectivity index (χ4v) is 5.74. The number of amides is 2. The zero-order chi connectivity index (χ0) is 28.4. The largest absolute Gasteiger partial charge is 0.469 e. The third kappa shape index (κ3) is 4.44. The number of carbonyl (C=O) groups is 5. The number of ketones is 2. The summed E-state index contributed by atoms with van der Waals surface area (Å²) in [4.78, 5) is 67.4. The Morgan fingerprint density at radius 3 is 2.45 bits per heavy atom. The van der Waals surface area contributed by atoms with E-state index in [2.05, 4.69) is 15.4 Å². The van der Waals surface area contributed by atoms with Crippen molar-refractivity contribution in [3.05, 3.63) is 47.0 Å². The minimum Gasteiger partial charge on any atom is -0.469 e. The zero-order valence-corrected chi connectivity index (χ0v) is 22.5. The molecular weight excluding hydrogens is 494 g/mol. The van der Waals surface area contributed by atoms with Gasteiger partial charge in [-0.2, -0.15) is 0 Å². The van der Waals surface area contributed by atoms with Crippen LogP contribution in [0, 0.1) is 0 Å². The SMILES string of the molecule is CNC(=O)[C@H]1[C@H](OC)C2(O)c3ccccc3CC(=O)[C@@]2(C(=O)N[C@@H](CCC(=O)OC)C(=O)C=C(C)C)N1C. The van der Waals surface area contributed by atoms with Crippen molar-refractivity contribution >= 4 is 29.4 Å². The number of esters is 1. The van der Waals surface area contributed by atoms with Crippen molar-refractivity contribution < 1.29 is 38.6 Å². The Balaban J connectivity index is 2.20. The van der Waals surface area contributed by atoms with Crippen LogP contribution in [0.15, 0.2) is 35.9 Å². The van der Waals surface area contributed by atoms with E-state index in [0.717, 1.165) is 0 Å². The number of carbonyl (C=O) groups excluding carboxylic acids is 5. The van der Waals surface area contributed by atoms with E-state index < -0.39 is 58.7 Å². The van der Waals surface area contributed by atoms with Gasteiger partial charge >= 0.3 is 5.97 Å². The first-order chi connectivity index (χ1) is 17.9. The van der Waals surface area contributed by atoms with Crippen LogP contribution >= 0.6 is 0 Å². The highest BCUT2D eigenvalue weighted by Gasteiger charge is 2.77. The van der Waals surface area contributed by atoms with Crippen molar-refractivity contribution in [3.8, 4) is 0 Å². The molecule has 0 saturated carbocycles. The molecule has 1 aromatic carbocycles. The fourth-order valence-electron chi connectivity index (χ4n) is 5.74. The number of hydrogen-bond acceptors (Lipinski definition) is 9. The van der Waals surface area contributed by atoms with Crippen LogP contribution in [0.1, 0.15) is 37.8 Å². The summed E-state index contributed by atoms with van der Waals surface area (Å²) in [6.07, 6.45) is -0.452. The normalized spacial score (nSPS) is 27.0. The quantitative estimate of drug-likeness (QED) is 0.224. The van der Waals surface area contributed by atoms with Crippen LogP contribution in [0.5, 0.6) is 0 Å². The van der Waals surface area contributed by atoms with Crippen molar-refractivity contribution in [3.63, 3.8) is 0 Å². The standard InChI is InChI=1S/C27H35N3O8/c1-15(2)13-19(31)18(11-12-21(33)37-5)29-25(35)26-20(32)14-16-9-7-8-10-17(16)27(26,36)23(38-6)22(30(26)4)24(34)28-3/h7-10,13,18,22-23,36H,11-12,14H2,1-6H3,(H,28,34)(H,29,35)/t18-,22+,23-,26-,27?/m0/s1. The van der Waals surface area contributed by atoms with Gasteiger partial charge in [0.15, 0.2) is 22.7 Å². The molecular formula is C27H35N3O8. The lowest BCUT2D eigenvalue weighted by Gasteiger charge is -2.47. The lowest BCUT2D eigenvalue weighted by atomic mass is 9.64. The molecule has 1 heterocycles. The van der Waals surface area contributed by atoms with Gasteiger partial charge in [-0.25, -0.2) is 0 Å². The topological polar surface area (TPSA) is 151 Å². The van der Waals surface area contributed by atoms with E-state index in [0.29, 0.717) is 11.1 Å². The van der Waals surface area contributed by atoms with Crippen molar-refractivity contribution in [1.82, 2.24) is 15.5 Å². The summed E-state index contributed by atoms with van der Waals surface area (Å²) in [5.74, 6) is -3.27. The number of rotatable bonds is 9. The number of fused-ring (bicyclic) bond motifs is 3. The Hall–Kier alpha value is -3.41. The van der Waals surface area contributed by atoms with E-state index in [4.69, 9.17) is 4.74 Å². The molecule has 0 aromatic heterocycles. The summed E-state index contributed by atoms with van der Waals surface area (Å²) in [5.41, 5.74) is -3.15. The van der Waals surface area contributed by atoms with Gasteiger partial charge in [0, 0.05) is 27.0 Å². The van der Waals surface area contributed by atoms with Crippen LogP contribution < -0.4 is 10.6 Å². The molecule has 1 saturated heterocycles. The van der Waals surface area contributed by atoms with Crippen molar-refractivity contribution in [2.24, 2.45) is 0 Å². The molecule has 1 aromatic rings. The number of methoxy groups -OCH3 is 2. The molecule has 11 heteroatoms. The van der Waals surface area contributed by atoms with E-state index in [1.807, 2.05) is 0 Å². The molecule has 3 N–H and O–H groups in total. The van der Waals surface area contributed by atoms with Crippen LogP contribution in [0.25, 0.3) is 0 Å². The number of Topliss-reactive ketones (excluding diaryl/α,β-unsaturated/α-hetero) is 1. The first-order valence-corrected chi connectivity index (χ1v) is 12.3. The summed E-state index contributed by atoms with van der Waals surface area (Å²) < 4.78 is 10.3. The Labute approximate surface area is 221 Å². The summed E-state index contributed by atoms with van der Waals surface area (Å²) in [5, 5.41) is 17.6. The summed E-state index contributed by atoms with van der Waals surface area (Å²) in [6.45, 7) is 3.41. The molecule has 1 unspecified atom stereocenters. The molecule has 1 aliphatic heterocycles. The molecule has 2 amide bonds. The van der Waals surface area contributed by atoms with Crippen molar-refractivity contribution in [2.75, 3.05) is 28.3 Å². The highest BCUT2D eigenvalue weighted by atomic mass is 16.5. The van der Waals surface area contributed by atoms with E-state index in [-0.39, 0.29) is 24.8 Å². The van der Waals surface area contributed by atoms with Crippen molar-refractivity contribution in [1.29, 1.82) is 0 Å². The van der Waals surface area contributed by atoms with Crippen LogP contribution in [-0.2, 0) is 45.5 Å². The molecule has 3 rings (SSSR count). The van der Waals surface area contributed by atoms with Crippen LogP contribution in [0.2, 0.25) is 0 Å². The van der Waals surface area contributed by atoms with Crippen LogP contribution in [0.3, 0.4) is 0 Å². The minimum absolute atomic E-state index is 0.101. The summed E-state index contributed by atoms with van der Waals surface area (Å²) in [6, 6.07) is 4.21. The van der Waals surface area contributed by atoms with Gasteiger partial charge in [-0.15, -0.1) is 0 Å². The number of hydrogen-bond donors (Lipinski definition) is 3. The molecule has 1 fully saturated rings. The van der Waals surface area contributed by atoms with E-state index >= 15 is 0 Å². The third-order valence-electron chi connectivity index (χ3n) is 7.42. The smallest absolute Gasteiger partial charge is 0.305 e. The molecule has 11 nitrogen and oxygen atoms in total. The molecule has 0 bridgehead atoms. The predicted octanol–water partition coefficient (Wildman–Crippen LogP) is -0.213. The number of nitrogens with one attached hydrogen (secondary N) is 2. The number of likely N-dealkylation sites (tertiary alicyclic amines) is 1. The summed E-state index contributed by atoms with van der Waals surface area (Å²) >= 11 is 0. The first kappa shape index (κ1) is 29.2. The first-order valence-electron chi connectivity index (χ1n) is 12.3. The van der Waals surface area contributed by atoms with Gasteiger partial charge in [-0.3, -0.25) is 28.9 Å². The van der Waals surface area contributed by atoms with E-state index in [9.17, 15) is 29.1 Å². The average molecular weight is 530 g/mol. The van der Waals surface area contributed by atoms with Crippen LogP contribution in [0.4, 0.5) is 0 Å². The number of aliphatic hydroxyl groups is 1. The number of ether oxygens (including phenoxy) is 2. The second-order valence-electron chi connectivity index (χ2n) is 9.83. The lowest BCUT2D eigenvalue weighted by Crippen LogP contribution is -2.73. The maximum Gasteiger partial charge on any atom is 0.305 e. The average Bonchev–Trinajstić information content (AvgIpc) is 3.09. The Bertz CT molecular complexity index is 1180. The van der Waals surface area contributed by atoms with E-state index in [1.165, 1.54) is 39.3 Å². The van der Waals surface area contributed by atoms with Gasteiger partial charge in [0.25, 0.3) is 5.91 Å². The molecule has 2 aliphatic rings. The maximum atomic E-state index is 14.3. The highest BCUT2D eigenvalue weighted by molar-refractivity contribution is 6.16. The van der Waals surface area contributed by atoms with Gasteiger partial charge < -0.3 is 25.2 Å². The number of likely N-dealkylation sites (N-methyl/N-ethyl adjacent to an activating group) is 2. The monoisotopic (exact) mass is 529 g/mol. The Kier molecular flexibility index (Phi) is 8.55. The molecule has 1 aliphatic carbocycles. The second kappa shape index (κ2) is 11.1. The number of benzene rings is 1. The molecule has 5 atom stereocenters. The fraction of sp³-hybridized carbons (Fsp3) is 0.519. The zero-order valence-electron chi connectivity index (χ0n) is 22.5. The molecule has 38 heavy (non-hydrogen) atoms. The number of allylic oxidation sites excluding steroid dienone is 1. The van der Waals surface area contributed by atoms with Gasteiger partial charge in [-0.05, 0) is 44.5 Å². The maximum absolute atomic E-state index is 14.3. The van der Waals surface area contributed by atoms with Gasteiger partial charge in [0.05, 0.1) is 13.2 Å². The molecule has 0 radical (unpaired) electrons.